The maximum Gasteiger partial charge on any atom is 0.119 e. The molecule has 0 saturated heterocycles. The fourth-order valence-electron chi connectivity index (χ4n) is 4.33. The van der Waals surface area contributed by atoms with Gasteiger partial charge in [-0.1, -0.05) is 94.8 Å². The second-order valence-electron chi connectivity index (χ2n) is 10.5. The van der Waals surface area contributed by atoms with Gasteiger partial charge >= 0.3 is 0 Å². The molecule has 222 valence electrons. The van der Waals surface area contributed by atoms with Gasteiger partial charge in [0.1, 0.15) is 11.5 Å². The monoisotopic (exact) mass is 578 g/mol. The van der Waals surface area contributed by atoms with E-state index in [9.17, 15) is 0 Å². The van der Waals surface area contributed by atoms with Gasteiger partial charge in [-0.05, 0) is 103 Å². The van der Waals surface area contributed by atoms with Crippen LogP contribution in [0.3, 0.4) is 0 Å². The van der Waals surface area contributed by atoms with E-state index in [1.54, 1.807) is 0 Å². The molecule has 0 atom stereocenters. The van der Waals surface area contributed by atoms with Crippen molar-refractivity contribution in [3.8, 4) is 71.2 Å². The zero-order valence-electron chi connectivity index (χ0n) is 26.2. The Bertz CT molecular complexity index is 1480. The van der Waals surface area contributed by atoms with Crippen LogP contribution in [-0.4, -0.2) is 13.2 Å². The maximum atomic E-state index is 5.83. The van der Waals surface area contributed by atoms with Crippen molar-refractivity contribution in [1.82, 2.24) is 0 Å². The largest absolute Gasteiger partial charge is 0.494 e. The molecule has 0 unspecified atom stereocenters. The van der Waals surface area contributed by atoms with Gasteiger partial charge < -0.3 is 9.47 Å². The molecule has 0 radical (unpaired) electrons. The third-order valence-electron chi connectivity index (χ3n) is 6.79. The fraction of sp³-hybridized carbons (Fsp3) is 0.333. The van der Waals surface area contributed by atoms with E-state index in [-0.39, 0.29) is 0 Å². The summed E-state index contributed by atoms with van der Waals surface area (Å²) in [5.74, 6) is 28.4. The van der Waals surface area contributed by atoms with Crippen molar-refractivity contribution in [2.45, 2.75) is 78.1 Å². The molecule has 2 nitrogen and oxygen atoms in total. The van der Waals surface area contributed by atoms with Crippen LogP contribution in [0.1, 0.15) is 106 Å². The van der Waals surface area contributed by atoms with E-state index >= 15 is 0 Å². The van der Waals surface area contributed by atoms with Crippen LogP contribution in [0.15, 0.2) is 66.7 Å². The lowest BCUT2D eigenvalue weighted by Gasteiger charge is -2.05. The molecule has 3 aromatic rings. The van der Waals surface area contributed by atoms with Gasteiger partial charge in [0.15, 0.2) is 0 Å². The third-order valence-corrected chi connectivity index (χ3v) is 6.79. The van der Waals surface area contributed by atoms with Gasteiger partial charge in [-0.3, -0.25) is 0 Å². The minimum atomic E-state index is 0.712. The van der Waals surface area contributed by atoms with Crippen molar-refractivity contribution in [2.24, 2.45) is 0 Å². The molecule has 0 spiro atoms. The standard InChI is InChI=1S/C42H42O2/c1-4-7-9-11-17-31-43-41-27-23-37(24-28-41)19-13-15-21-39-33-36(6-3)34-40(35-39)22-16-14-20-38-25-29-42(30-26-38)44-32-18-12-10-8-5-2/h3,23-30,33-35H,4-5,7-12,17-18,31-32H2,1-2H3. The van der Waals surface area contributed by atoms with Gasteiger partial charge in [0, 0.05) is 27.8 Å². The molecule has 2 heteroatoms. The molecule has 0 aromatic heterocycles. The quantitative estimate of drug-likeness (QED) is 0.140. The van der Waals surface area contributed by atoms with Crippen LogP contribution in [0.5, 0.6) is 11.5 Å². The molecule has 0 heterocycles. The van der Waals surface area contributed by atoms with Crippen molar-refractivity contribution in [3.63, 3.8) is 0 Å². The van der Waals surface area contributed by atoms with Crippen molar-refractivity contribution in [2.75, 3.05) is 13.2 Å². The van der Waals surface area contributed by atoms with Gasteiger partial charge in [0.25, 0.3) is 0 Å². The number of hydrogen-bond acceptors (Lipinski definition) is 2. The van der Waals surface area contributed by atoms with Gasteiger partial charge in [0.05, 0.1) is 13.2 Å². The van der Waals surface area contributed by atoms with E-state index in [4.69, 9.17) is 15.9 Å². The number of rotatable bonds is 14. The molecule has 3 rings (SSSR count). The SMILES string of the molecule is C#Cc1cc(C#CC#Cc2ccc(OCCCCCCC)cc2)cc(C#CC#Cc2ccc(OCCCCCCC)cc2)c1. The summed E-state index contributed by atoms with van der Waals surface area (Å²) in [6.45, 7) is 5.95. The number of unbranched alkanes of at least 4 members (excludes halogenated alkanes) is 8. The molecule has 0 aliphatic carbocycles. The topological polar surface area (TPSA) is 18.5 Å². The second-order valence-corrected chi connectivity index (χ2v) is 10.5. The van der Waals surface area contributed by atoms with E-state index in [1.807, 2.05) is 66.7 Å². The van der Waals surface area contributed by atoms with E-state index in [0.29, 0.717) is 5.56 Å². The number of ether oxygens (including phenoxy) is 2. The van der Waals surface area contributed by atoms with E-state index in [2.05, 4.69) is 67.1 Å². The first kappa shape index (κ1) is 33.6. The maximum absolute atomic E-state index is 5.83. The van der Waals surface area contributed by atoms with Crippen LogP contribution in [-0.2, 0) is 0 Å². The van der Waals surface area contributed by atoms with Crippen LogP contribution in [0.2, 0.25) is 0 Å². The predicted molar refractivity (Wildman–Crippen MR) is 183 cm³/mol. The molecule has 44 heavy (non-hydrogen) atoms. The van der Waals surface area contributed by atoms with Crippen molar-refractivity contribution >= 4 is 0 Å². The summed E-state index contributed by atoms with van der Waals surface area (Å²) in [6.07, 6.45) is 17.9. The molecule has 3 aromatic carbocycles. The van der Waals surface area contributed by atoms with Crippen LogP contribution >= 0.6 is 0 Å². The first-order chi connectivity index (χ1) is 21.7. The highest BCUT2D eigenvalue weighted by Gasteiger charge is 1.97. The Morgan fingerprint density at radius 2 is 0.818 bits per heavy atom. The first-order valence-electron chi connectivity index (χ1n) is 15.8. The summed E-state index contributed by atoms with van der Waals surface area (Å²) in [5, 5.41) is 0. The molecular formula is C42H42O2. The number of hydrogen-bond donors (Lipinski definition) is 0. The molecule has 0 saturated carbocycles. The zero-order valence-corrected chi connectivity index (χ0v) is 26.2. The van der Waals surface area contributed by atoms with Gasteiger partial charge in [-0.25, -0.2) is 0 Å². The van der Waals surface area contributed by atoms with Gasteiger partial charge in [-0.15, -0.1) is 6.42 Å². The Hall–Kier alpha value is -4.94. The Morgan fingerprint density at radius 3 is 1.20 bits per heavy atom. The molecule has 0 N–H and O–H groups in total. The lowest BCUT2D eigenvalue weighted by Crippen LogP contribution is -1.97. The predicted octanol–water partition coefficient (Wildman–Crippen LogP) is 9.17. The highest BCUT2D eigenvalue weighted by Crippen LogP contribution is 2.14. The van der Waals surface area contributed by atoms with Crippen molar-refractivity contribution in [1.29, 1.82) is 0 Å². The number of terminal acetylenes is 1. The summed E-state index contributed by atoms with van der Waals surface area (Å²) < 4.78 is 11.7. The lowest BCUT2D eigenvalue weighted by atomic mass is 10.1. The Labute approximate surface area is 266 Å². The summed E-state index contributed by atoms with van der Waals surface area (Å²) in [6, 6.07) is 21.2. The Balaban J connectivity index is 1.52. The highest BCUT2D eigenvalue weighted by molar-refractivity contribution is 5.54. The average molecular weight is 579 g/mol. The number of benzene rings is 3. The average Bonchev–Trinajstić information content (AvgIpc) is 3.06. The Morgan fingerprint density at radius 1 is 0.455 bits per heavy atom. The summed E-state index contributed by atoms with van der Waals surface area (Å²) in [7, 11) is 0. The van der Waals surface area contributed by atoms with Crippen molar-refractivity contribution in [3.05, 3.63) is 94.5 Å². The Kier molecular flexibility index (Phi) is 15.9. The summed E-state index contributed by atoms with van der Waals surface area (Å²) in [5.41, 5.74) is 4.00. The van der Waals surface area contributed by atoms with Crippen LogP contribution in [0.4, 0.5) is 0 Å². The highest BCUT2D eigenvalue weighted by atomic mass is 16.5. The summed E-state index contributed by atoms with van der Waals surface area (Å²) >= 11 is 0. The minimum Gasteiger partial charge on any atom is -0.494 e. The van der Waals surface area contributed by atoms with Gasteiger partial charge in [0.2, 0.25) is 0 Å². The summed E-state index contributed by atoms with van der Waals surface area (Å²) in [4.78, 5) is 0. The van der Waals surface area contributed by atoms with E-state index in [0.717, 1.165) is 59.8 Å². The fourth-order valence-corrected chi connectivity index (χ4v) is 4.33. The molecule has 0 amide bonds. The van der Waals surface area contributed by atoms with Crippen molar-refractivity contribution < 1.29 is 9.47 Å². The van der Waals surface area contributed by atoms with Crippen LogP contribution in [0, 0.1) is 59.7 Å². The molecular weight excluding hydrogens is 536 g/mol. The minimum absolute atomic E-state index is 0.712. The molecule has 0 aliphatic heterocycles. The lowest BCUT2D eigenvalue weighted by molar-refractivity contribution is 0.304. The molecule has 0 bridgehead atoms. The second kappa shape index (κ2) is 20.9. The van der Waals surface area contributed by atoms with Gasteiger partial charge in [-0.2, -0.15) is 0 Å². The normalized spacial score (nSPS) is 9.48. The third kappa shape index (κ3) is 13.8. The molecule has 0 aliphatic rings. The van der Waals surface area contributed by atoms with E-state index < -0.39 is 0 Å². The zero-order chi connectivity index (χ0) is 31.1. The van der Waals surface area contributed by atoms with Crippen LogP contribution in [0.25, 0.3) is 0 Å². The first-order valence-corrected chi connectivity index (χ1v) is 15.8. The molecule has 0 fully saturated rings. The van der Waals surface area contributed by atoms with E-state index in [1.165, 1.54) is 51.4 Å². The van der Waals surface area contributed by atoms with Crippen LogP contribution < -0.4 is 9.47 Å². The smallest absolute Gasteiger partial charge is 0.119 e.